The molecule has 1 unspecified atom stereocenters. The molecule has 0 aliphatic carbocycles. The molecule has 0 aromatic heterocycles. The summed E-state index contributed by atoms with van der Waals surface area (Å²) in [7, 11) is 0. The number of hydrogen-bond acceptors (Lipinski definition) is 2. The SMILES string of the molecule is C=C1CC(C(C)C)N(C(=O)C(C)(C)C)C1=O. The third-order valence-corrected chi connectivity index (χ3v) is 2.94. The number of hydrogen-bond donors (Lipinski definition) is 0. The summed E-state index contributed by atoms with van der Waals surface area (Å²) in [6, 6.07) is -0.0216. The predicted molar refractivity (Wildman–Crippen MR) is 63.7 cm³/mol. The smallest absolute Gasteiger partial charge is 0.256 e. The third-order valence-electron chi connectivity index (χ3n) is 2.94. The fourth-order valence-corrected chi connectivity index (χ4v) is 1.89. The molecule has 1 aliphatic heterocycles. The highest BCUT2D eigenvalue weighted by Crippen LogP contribution is 2.32. The lowest BCUT2D eigenvalue weighted by Crippen LogP contribution is -2.46. The molecule has 1 rings (SSSR count). The predicted octanol–water partition coefficient (Wildman–Crippen LogP) is 2.37. The second-order valence-corrected chi connectivity index (χ2v) is 5.85. The van der Waals surface area contributed by atoms with Crippen molar-refractivity contribution in [2.45, 2.75) is 47.1 Å². The van der Waals surface area contributed by atoms with Gasteiger partial charge in [-0.1, -0.05) is 41.2 Å². The van der Waals surface area contributed by atoms with Gasteiger partial charge in [-0.25, -0.2) is 0 Å². The van der Waals surface area contributed by atoms with Crippen molar-refractivity contribution >= 4 is 11.8 Å². The van der Waals surface area contributed by atoms with E-state index in [4.69, 9.17) is 0 Å². The van der Waals surface area contributed by atoms with Crippen LogP contribution < -0.4 is 0 Å². The summed E-state index contributed by atoms with van der Waals surface area (Å²) in [5, 5.41) is 0. The Balaban J connectivity index is 3.04. The number of imide groups is 1. The lowest BCUT2D eigenvalue weighted by molar-refractivity contribution is -0.149. The molecule has 0 saturated carbocycles. The molecule has 1 atom stereocenters. The van der Waals surface area contributed by atoms with E-state index in [1.807, 2.05) is 34.6 Å². The molecule has 3 heteroatoms. The van der Waals surface area contributed by atoms with Crippen LogP contribution in [0, 0.1) is 11.3 Å². The van der Waals surface area contributed by atoms with Crippen LogP contribution in [0.1, 0.15) is 41.0 Å². The number of carbonyl (C=O) groups excluding carboxylic acids is 2. The fourth-order valence-electron chi connectivity index (χ4n) is 1.89. The van der Waals surface area contributed by atoms with Crippen molar-refractivity contribution in [3.05, 3.63) is 12.2 Å². The van der Waals surface area contributed by atoms with Gasteiger partial charge < -0.3 is 0 Å². The Labute approximate surface area is 97.5 Å². The summed E-state index contributed by atoms with van der Waals surface area (Å²) >= 11 is 0. The van der Waals surface area contributed by atoms with E-state index >= 15 is 0 Å². The van der Waals surface area contributed by atoms with E-state index in [0.29, 0.717) is 12.0 Å². The van der Waals surface area contributed by atoms with Gasteiger partial charge in [-0.15, -0.1) is 0 Å². The van der Waals surface area contributed by atoms with Crippen LogP contribution in [-0.4, -0.2) is 22.8 Å². The highest BCUT2D eigenvalue weighted by molar-refractivity contribution is 6.07. The minimum Gasteiger partial charge on any atom is -0.275 e. The average Bonchev–Trinajstić information content (AvgIpc) is 2.41. The van der Waals surface area contributed by atoms with Crippen molar-refractivity contribution in [2.75, 3.05) is 0 Å². The van der Waals surface area contributed by atoms with Crippen LogP contribution in [0.4, 0.5) is 0 Å². The number of rotatable bonds is 1. The summed E-state index contributed by atoms with van der Waals surface area (Å²) in [4.78, 5) is 25.5. The van der Waals surface area contributed by atoms with E-state index in [1.54, 1.807) is 0 Å². The minimum atomic E-state index is -0.520. The molecule has 0 aromatic carbocycles. The molecule has 1 heterocycles. The molecule has 3 nitrogen and oxygen atoms in total. The first-order valence-electron chi connectivity index (χ1n) is 5.72. The van der Waals surface area contributed by atoms with Gasteiger partial charge in [0, 0.05) is 17.0 Å². The molecule has 0 bridgehead atoms. The molecular weight excluding hydrogens is 202 g/mol. The molecular formula is C13H21NO2. The summed E-state index contributed by atoms with van der Waals surface area (Å²) in [6.45, 7) is 13.3. The molecule has 1 aliphatic rings. The van der Waals surface area contributed by atoms with Crippen molar-refractivity contribution in [3.8, 4) is 0 Å². The lowest BCUT2D eigenvalue weighted by atomic mass is 9.93. The summed E-state index contributed by atoms with van der Waals surface area (Å²) in [5.41, 5.74) is 0.0317. The first kappa shape index (κ1) is 12.9. The van der Waals surface area contributed by atoms with E-state index in [9.17, 15) is 9.59 Å². The van der Waals surface area contributed by atoms with E-state index in [0.717, 1.165) is 0 Å². The number of nitrogens with zero attached hydrogens (tertiary/aromatic N) is 1. The van der Waals surface area contributed by atoms with Crippen molar-refractivity contribution < 1.29 is 9.59 Å². The highest BCUT2D eigenvalue weighted by atomic mass is 16.2. The fraction of sp³-hybridized carbons (Fsp3) is 0.692. The monoisotopic (exact) mass is 223 g/mol. The molecule has 2 amide bonds. The number of carbonyl (C=O) groups is 2. The third kappa shape index (κ3) is 2.18. The van der Waals surface area contributed by atoms with Gasteiger partial charge in [0.25, 0.3) is 5.91 Å². The lowest BCUT2D eigenvalue weighted by Gasteiger charge is -2.31. The standard InChI is InChI=1S/C13H21NO2/c1-8(2)10-7-9(3)11(15)14(10)12(16)13(4,5)6/h8,10H,3,7H2,1-2,4-6H3. The Hall–Kier alpha value is -1.12. The molecule has 1 fully saturated rings. The Bertz CT molecular complexity index is 336. The quantitative estimate of drug-likeness (QED) is 0.640. The second kappa shape index (κ2) is 4.04. The van der Waals surface area contributed by atoms with Gasteiger partial charge in [0.15, 0.2) is 0 Å². The molecule has 0 N–H and O–H groups in total. The highest BCUT2D eigenvalue weighted by Gasteiger charge is 2.43. The van der Waals surface area contributed by atoms with E-state index in [2.05, 4.69) is 6.58 Å². The van der Waals surface area contributed by atoms with E-state index < -0.39 is 5.41 Å². The molecule has 0 spiro atoms. The van der Waals surface area contributed by atoms with Crippen LogP contribution in [0.15, 0.2) is 12.2 Å². The largest absolute Gasteiger partial charge is 0.275 e. The van der Waals surface area contributed by atoms with Gasteiger partial charge in [0.1, 0.15) is 0 Å². The van der Waals surface area contributed by atoms with Crippen molar-refractivity contribution in [1.82, 2.24) is 4.90 Å². The van der Waals surface area contributed by atoms with Gasteiger partial charge in [-0.3, -0.25) is 14.5 Å². The maximum atomic E-state index is 12.2. The van der Waals surface area contributed by atoms with Crippen LogP contribution in [0.2, 0.25) is 0 Å². The second-order valence-electron chi connectivity index (χ2n) is 5.85. The molecule has 1 saturated heterocycles. The summed E-state index contributed by atoms with van der Waals surface area (Å²) < 4.78 is 0. The topological polar surface area (TPSA) is 37.4 Å². The number of amides is 2. The number of likely N-dealkylation sites (tertiary alicyclic amines) is 1. The van der Waals surface area contributed by atoms with Gasteiger partial charge in [0.05, 0.1) is 0 Å². The molecule has 0 aromatic rings. The maximum Gasteiger partial charge on any atom is 0.256 e. The van der Waals surface area contributed by atoms with Gasteiger partial charge >= 0.3 is 0 Å². The normalized spacial score (nSPS) is 22.1. The zero-order valence-corrected chi connectivity index (χ0v) is 10.8. The first-order valence-corrected chi connectivity index (χ1v) is 5.72. The van der Waals surface area contributed by atoms with E-state index in [-0.39, 0.29) is 23.8 Å². The Morgan fingerprint density at radius 2 is 1.94 bits per heavy atom. The molecule has 90 valence electrons. The van der Waals surface area contributed by atoms with E-state index in [1.165, 1.54) is 4.90 Å². The maximum absolute atomic E-state index is 12.2. The van der Waals surface area contributed by atoms with Crippen molar-refractivity contribution in [2.24, 2.45) is 11.3 Å². The van der Waals surface area contributed by atoms with Crippen LogP contribution in [0.5, 0.6) is 0 Å². The van der Waals surface area contributed by atoms with Gasteiger partial charge in [-0.05, 0) is 12.3 Å². The van der Waals surface area contributed by atoms with Crippen LogP contribution in [-0.2, 0) is 9.59 Å². The first-order chi connectivity index (χ1) is 7.16. The zero-order valence-electron chi connectivity index (χ0n) is 10.8. The van der Waals surface area contributed by atoms with Gasteiger partial charge in [0.2, 0.25) is 5.91 Å². The Morgan fingerprint density at radius 3 is 2.31 bits per heavy atom. The zero-order chi connectivity index (χ0) is 12.7. The Kier molecular flexibility index (Phi) is 3.27. The van der Waals surface area contributed by atoms with Crippen molar-refractivity contribution in [3.63, 3.8) is 0 Å². The minimum absolute atomic E-state index is 0.0216. The molecule has 16 heavy (non-hydrogen) atoms. The van der Waals surface area contributed by atoms with Crippen LogP contribution in [0.25, 0.3) is 0 Å². The summed E-state index contributed by atoms with van der Waals surface area (Å²) in [5.74, 6) is -0.0250. The summed E-state index contributed by atoms with van der Waals surface area (Å²) in [6.07, 6.45) is 0.609. The average molecular weight is 223 g/mol. The van der Waals surface area contributed by atoms with Crippen LogP contribution >= 0.6 is 0 Å². The molecule has 0 radical (unpaired) electrons. The Morgan fingerprint density at radius 1 is 1.44 bits per heavy atom. The van der Waals surface area contributed by atoms with Crippen LogP contribution in [0.3, 0.4) is 0 Å². The van der Waals surface area contributed by atoms with Crippen molar-refractivity contribution in [1.29, 1.82) is 0 Å². The van der Waals surface area contributed by atoms with Gasteiger partial charge in [-0.2, -0.15) is 0 Å².